The van der Waals surface area contributed by atoms with Crippen molar-refractivity contribution in [3.8, 4) is 16.9 Å². The number of carboxylic acids is 1. The van der Waals surface area contributed by atoms with Crippen molar-refractivity contribution in [2.45, 2.75) is 12.8 Å². The molecule has 0 spiro atoms. The second-order valence-corrected chi connectivity index (χ2v) is 8.72. The van der Waals surface area contributed by atoms with Crippen molar-refractivity contribution in [3.63, 3.8) is 0 Å². The second kappa shape index (κ2) is 7.55. The van der Waals surface area contributed by atoms with E-state index < -0.39 is 45.9 Å². The first-order chi connectivity index (χ1) is 14.7. The number of amides is 1. The highest BCUT2D eigenvalue weighted by Crippen LogP contribution is 2.39. The monoisotopic (exact) mass is 444 g/mol. The highest BCUT2D eigenvalue weighted by atomic mass is 32.2. The molecule has 1 aliphatic heterocycles. The minimum Gasteiger partial charge on any atom is -0.506 e. The predicted molar refractivity (Wildman–Crippen MR) is 111 cm³/mol. The van der Waals surface area contributed by atoms with Gasteiger partial charge in [0.2, 0.25) is 0 Å². The number of benzene rings is 3. The maximum absolute atomic E-state index is 15.4. The zero-order valence-electron chi connectivity index (χ0n) is 16.0. The van der Waals surface area contributed by atoms with Crippen molar-refractivity contribution in [2.75, 3.05) is 10.8 Å². The minimum absolute atomic E-state index is 0.0184. The number of fused-ring (bicyclic) bond motifs is 1. The van der Waals surface area contributed by atoms with E-state index in [0.29, 0.717) is 21.7 Å². The number of hydrogen-bond donors (Lipinski definition) is 3. The molecule has 1 aliphatic rings. The van der Waals surface area contributed by atoms with Gasteiger partial charge >= 0.3 is 16.2 Å². The van der Waals surface area contributed by atoms with Gasteiger partial charge in [-0.15, -0.1) is 0 Å². The Balaban J connectivity index is 1.80. The zero-order chi connectivity index (χ0) is 22.3. The van der Waals surface area contributed by atoms with E-state index >= 15 is 4.39 Å². The van der Waals surface area contributed by atoms with Gasteiger partial charge in [0.1, 0.15) is 18.0 Å². The van der Waals surface area contributed by atoms with E-state index in [-0.39, 0.29) is 11.8 Å². The van der Waals surface area contributed by atoms with E-state index in [9.17, 15) is 23.1 Å². The summed E-state index contributed by atoms with van der Waals surface area (Å²) >= 11 is 0. The largest absolute Gasteiger partial charge is 0.506 e. The third-order valence-corrected chi connectivity index (χ3v) is 6.37. The Kier molecular flexibility index (Phi) is 5.02. The lowest BCUT2D eigenvalue weighted by molar-refractivity contribution is -0.137. The number of rotatable bonds is 5. The van der Waals surface area contributed by atoms with Crippen LogP contribution in [0.25, 0.3) is 21.9 Å². The Morgan fingerprint density at radius 1 is 1.13 bits per heavy atom. The summed E-state index contributed by atoms with van der Waals surface area (Å²) in [6, 6.07) is 13.2. The molecular formula is C21H17FN2O6S. The summed E-state index contributed by atoms with van der Waals surface area (Å²) in [5, 5.41) is 19.5. The van der Waals surface area contributed by atoms with Gasteiger partial charge in [-0.1, -0.05) is 36.4 Å². The lowest BCUT2D eigenvalue weighted by Gasteiger charge is -2.18. The van der Waals surface area contributed by atoms with Gasteiger partial charge in [-0.25, -0.2) is 13.4 Å². The summed E-state index contributed by atoms with van der Waals surface area (Å²) < 4.78 is 41.9. The zero-order valence-corrected chi connectivity index (χ0v) is 16.8. The predicted octanol–water partition coefficient (Wildman–Crippen LogP) is 2.55. The smallest absolute Gasteiger partial charge is 0.326 e. The Labute approximate surface area is 176 Å². The number of phenolic OH excluding ortho intramolecular Hbond substituents is 1. The second-order valence-electron chi connectivity index (χ2n) is 7.13. The van der Waals surface area contributed by atoms with Crippen LogP contribution in [0, 0.1) is 5.82 Å². The van der Waals surface area contributed by atoms with Gasteiger partial charge in [0.05, 0.1) is 0 Å². The standard InChI is InChI=1S/C21H17FN2O6S/c22-20-16-9-14(13-3-1-2-12(8-13)4-7-19(27)28)5-6-15(16)10-17(25)21(20)24-11-18(26)23-31(24,29)30/h1-3,5-6,8-10,25H,4,7,11H2,(H,23,26)(H,27,28). The molecule has 3 aromatic rings. The summed E-state index contributed by atoms with van der Waals surface area (Å²) in [6.45, 7) is -0.635. The summed E-state index contributed by atoms with van der Waals surface area (Å²) in [4.78, 5) is 22.3. The molecule has 1 saturated heterocycles. The third kappa shape index (κ3) is 3.89. The molecule has 0 aromatic heterocycles. The summed E-state index contributed by atoms with van der Waals surface area (Å²) in [7, 11) is -4.30. The molecule has 1 amide bonds. The van der Waals surface area contributed by atoms with Crippen molar-refractivity contribution < 1.29 is 32.6 Å². The molecule has 0 radical (unpaired) electrons. The average Bonchev–Trinajstić information content (AvgIpc) is 2.98. The molecule has 1 fully saturated rings. The van der Waals surface area contributed by atoms with Gasteiger partial charge < -0.3 is 10.2 Å². The molecule has 0 atom stereocenters. The van der Waals surface area contributed by atoms with Crippen LogP contribution in [-0.4, -0.2) is 37.1 Å². The molecule has 10 heteroatoms. The maximum Gasteiger partial charge on any atom is 0.326 e. The fourth-order valence-electron chi connectivity index (χ4n) is 3.55. The number of aliphatic carboxylic acids is 1. The van der Waals surface area contributed by atoms with Crippen molar-refractivity contribution in [1.82, 2.24) is 4.72 Å². The SMILES string of the molecule is O=C(O)CCc1cccc(-c2ccc3cc(O)c(N4CC(=O)NS4(=O)=O)c(F)c3c2)c1. The third-order valence-electron chi connectivity index (χ3n) is 4.99. The van der Waals surface area contributed by atoms with Crippen molar-refractivity contribution in [3.05, 3.63) is 59.9 Å². The van der Waals surface area contributed by atoms with Gasteiger partial charge in [0.15, 0.2) is 5.82 Å². The summed E-state index contributed by atoms with van der Waals surface area (Å²) in [5.74, 6) is -3.31. The molecule has 0 unspecified atom stereocenters. The van der Waals surface area contributed by atoms with Crippen LogP contribution >= 0.6 is 0 Å². The first-order valence-corrected chi connectivity index (χ1v) is 10.7. The number of phenols is 1. The van der Waals surface area contributed by atoms with E-state index in [0.717, 1.165) is 11.1 Å². The quantitative estimate of drug-likeness (QED) is 0.556. The van der Waals surface area contributed by atoms with E-state index in [2.05, 4.69) is 0 Å². The van der Waals surface area contributed by atoms with E-state index in [1.807, 2.05) is 0 Å². The number of nitrogens with zero attached hydrogens (tertiary/aromatic N) is 1. The van der Waals surface area contributed by atoms with Gasteiger partial charge in [-0.3, -0.25) is 9.59 Å². The van der Waals surface area contributed by atoms with Crippen molar-refractivity contribution >= 4 is 38.5 Å². The van der Waals surface area contributed by atoms with Gasteiger partial charge in [0, 0.05) is 11.8 Å². The van der Waals surface area contributed by atoms with Gasteiger partial charge in [0.25, 0.3) is 5.91 Å². The first kappa shape index (κ1) is 20.6. The highest BCUT2D eigenvalue weighted by molar-refractivity contribution is 7.92. The molecule has 4 rings (SSSR count). The Morgan fingerprint density at radius 2 is 1.87 bits per heavy atom. The fourth-order valence-corrected chi connectivity index (χ4v) is 4.71. The number of carboxylic acid groups (broad SMARTS) is 1. The molecule has 160 valence electrons. The minimum atomic E-state index is -4.30. The lowest BCUT2D eigenvalue weighted by atomic mass is 9.97. The Bertz CT molecular complexity index is 1340. The summed E-state index contributed by atoms with van der Waals surface area (Å²) in [5.41, 5.74) is 1.56. The molecule has 31 heavy (non-hydrogen) atoms. The van der Waals surface area contributed by atoms with Crippen LogP contribution < -0.4 is 9.03 Å². The van der Waals surface area contributed by atoms with Crippen LogP contribution in [0.4, 0.5) is 10.1 Å². The molecular weight excluding hydrogens is 427 g/mol. The topological polar surface area (TPSA) is 124 Å². The number of anilines is 1. The molecule has 3 N–H and O–H groups in total. The van der Waals surface area contributed by atoms with E-state index in [1.165, 1.54) is 12.1 Å². The number of carbonyl (C=O) groups is 2. The number of aryl methyl sites for hydroxylation is 1. The van der Waals surface area contributed by atoms with Crippen LogP contribution in [0.15, 0.2) is 48.5 Å². The number of halogens is 1. The van der Waals surface area contributed by atoms with Crippen LogP contribution in [-0.2, 0) is 26.2 Å². The number of aromatic hydroxyl groups is 1. The van der Waals surface area contributed by atoms with Crippen molar-refractivity contribution in [1.29, 1.82) is 0 Å². The maximum atomic E-state index is 15.4. The Morgan fingerprint density at radius 3 is 2.55 bits per heavy atom. The molecule has 8 nitrogen and oxygen atoms in total. The number of nitrogens with one attached hydrogen (secondary N) is 1. The highest BCUT2D eigenvalue weighted by Gasteiger charge is 2.37. The fraction of sp³-hybridized carbons (Fsp3) is 0.143. The molecule has 3 aromatic carbocycles. The summed E-state index contributed by atoms with van der Waals surface area (Å²) in [6.07, 6.45) is 0.326. The molecule has 1 heterocycles. The van der Waals surface area contributed by atoms with Gasteiger partial charge in [-0.2, -0.15) is 8.42 Å². The molecule has 0 aliphatic carbocycles. The van der Waals surface area contributed by atoms with Crippen LogP contribution in [0.3, 0.4) is 0 Å². The molecule has 0 bridgehead atoms. The van der Waals surface area contributed by atoms with Crippen LogP contribution in [0.1, 0.15) is 12.0 Å². The normalized spacial score (nSPS) is 15.3. The van der Waals surface area contributed by atoms with Crippen LogP contribution in [0.2, 0.25) is 0 Å². The van der Waals surface area contributed by atoms with Crippen molar-refractivity contribution in [2.24, 2.45) is 0 Å². The average molecular weight is 444 g/mol. The number of hydrogen-bond acceptors (Lipinski definition) is 5. The van der Waals surface area contributed by atoms with E-state index in [4.69, 9.17) is 5.11 Å². The number of carbonyl (C=O) groups excluding carboxylic acids is 1. The van der Waals surface area contributed by atoms with Gasteiger partial charge in [-0.05, 0) is 40.6 Å². The Hall–Kier alpha value is -3.66. The van der Waals surface area contributed by atoms with E-state index in [1.54, 1.807) is 41.1 Å². The first-order valence-electron chi connectivity index (χ1n) is 9.25. The molecule has 0 saturated carbocycles. The van der Waals surface area contributed by atoms with Crippen LogP contribution in [0.5, 0.6) is 5.75 Å². The lowest BCUT2D eigenvalue weighted by Crippen LogP contribution is -2.30.